The molecule has 0 spiro atoms. The van der Waals surface area contributed by atoms with Gasteiger partial charge in [-0.15, -0.1) is 0 Å². The Labute approximate surface area is 357 Å². The number of hydrogen-bond acceptors (Lipinski definition) is 2. The number of fused-ring (bicyclic) bond motifs is 10. The Hall–Kier alpha value is -8.34. The number of aromatic nitrogens is 4. The number of hydrogen-bond donors (Lipinski definition) is 0. The maximum atomic E-state index is 5.58. The first-order valence-electron chi connectivity index (χ1n) is 21.2. The molecule has 0 saturated heterocycles. The summed E-state index contributed by atoms with van der Waals surface area (Å²) < 4.78 is 4.68. The average molecular weight is 789 g/mol. The molecule has 0 N–H and O–H groups in total. The molecule has 13 rings (SSSR count). The first-order valence-corrected chi connectivity index (χ1v) is 21.2. The van der Waals surface area contributed by atoms with Crippen molar-refractivity contribution in [1.82, 2.24) is 19.1 Å². The van der Waals surface area contributed by atoms with Crippen molar-refractivity contribution >= 4 is 76.1 Å². The molecule has 4 nitrogen and oxygen atoms in total. The van der Waals surface area contributed by atoms with E-state index in [-0.39, 0.29) is 0 Å². The molecule has 62 heavy (non-hydrogen) atoms. The van der Waals surface area contributed by atoms with Crippen LogP contribution < -0.4 is 0 Å². The molecule has 3 aromatic heterocycles. The first kappa shape index (κ1) is 34.5. The van der Waals surface area contributed by atoms with E-state index in [9.17, 15) is 0 Å². The summed E-state index contributed by atoms with van der Waals surface area (Å²) in [6.45, 7) is 0. The zero-order chi connectivity index (χ0) is 40.7. The molecule has 0 radical (unpaired) electrons. The molecular weight excluding hydrogens is 753 g/mol. The molecule has 0 saturated carbocycles. The van der Waals surface area contributed by atoms with Crippen molar-refractivity contribution in [3.63, 3.8) is 0 Å². The molecule has 0 aliphatic carbocycles. The Morgan fingerprint density at radius 2 is 0.839 bits per heavy atom. The summed E-state index contributed by atoms with van der Waals surface area (Å²) in [5, 5.41) is 10.6. The maximum absolute atomic E-state index is 5.58. The average Bonchev–Trinajstić information content (AvgIpc) is 3.86. The molecule has 3 heterocycles. The largest absolute Gasteiger partial charge is 0.309 e. The van der Waals surface area contributed by atoms with Gasteiger partial charge in [-0.05, 0) is 86.3 Å². The highest BCUT2D eigenvalue weighted by molar-refractivity contribution is 6.24. The number of rotatable bonds is 5. The van der Waals surface area contributed by atoms with E-state index in [1.54, 1.807) is 0 Å². The summed E-state index contributed by atoms with van der Waals surface area (Å²) >= 11 is 0. The molecule has 0 aliphatic heterocycles. The van der Waals surface area contributed by atoms with Gasteiger partial charge in [-0.1, -0.05) is 176 Å². The Morgan fingerprint density at radius 1 is 0.290 bits per heavy atom. The zero-order valence-corrected chi connectivity index (χ0v) is 33.6. The number of nitrogens with zero attached hydrogens (tertiary/aromatic N) is 4. The van der Waals surface area contributed by atoms with E-state index < -0.39 is 0 Å². The summed E-state index contributed by atoms with van der Waals surface area (Å²) in [4.78, 5) is 10.9. The molecule has 0 aliphatic rings. The third-order valence-corrected chi connectivity index (χ3v) is 12.7. The summed E-state index contributed by atoms with van der Waals surface area (Å²) in [6, 6.07) is 78.5. The highest BCUT2D eigenvalue weighted by atomic mass is 15.2. The van der Waals surface area contributed by atoms with Gasteiger partial charge in [0.15, 0.2) is 0 Å². The van der Waals surface area contributed by atoms with Crippen molar-refractivity contribution in [2.24, 2.45) is 0 Å². The molecule has 288 valence electrons. The molecular formula is C58H36N4. The fourth-order valence-corrected chi connectivity index (χ4v) is 10.0. The minimum absolute atomic E-state index is 0.641. The van der Waals surface area contributed by atoms with Gasteiger partial charge >= 0.3 is 0 Å². The van der Waals surface area contributed by atoms with E-state index in [0.29, 0.717) is 5.95 Å². The van der Waals surface area contributed by atoms with Gasteiger partial charge in [0.25, 0.3) is 0 Å². The van der Waals surface area contributed by atoms with Crippen molar-refractivity contribution in [2.75, 3.05) is 0 Å². The molecule has 0 unspecified atom stereocenters. The molecule has 10 aromatic carbocycles. The smallest absolute Gasteiger partial charge is 0.235 e. The van der Waals surface area contributed by atoms with Gasteiger partial charge in [-0.2, -0.15) is 0 Å². The summed E-state index contributed by atoms with van der Waals surface area (Å²) in [7, 11) is 0. The van der Waals surface area contributed by atoms with Crippen LogP contribution in [0.2, 0.25) is 0 Å². The lowest BCUT2D eigenvalue weighted by atomic mass is 9.93. The van der Waals surface area contributed by atoms with Gasteiger partial charge in [0.1, 0.15) is 0 Å². The van der Waals surface area contributed by atoms with Crippen LogP contribution in [0, 0.1) is 0 Å². The second-order valence-electron chi connectivity index (χ2n) is 16.1. The zero-order valence-electron chi connectivity index (χ0n) is 33.6. The standard InChI is InChI=1S/C58H36N4/c1-3-17-37(18-4-1)40-33-34-47(42-22-8-7-21-41(40)42)57-48-26-11-14-28-51(48)59-58(60-57)62-52-29-15-12-24-44(52)45-32-31-38(35-54(45)62)50-36-55-56(46-25-10-9-23-43(46)50)49-27-13-16-30-53(49)61(55)39-19-5-2-6-20-39/h1-36H. The van der Waals surface area contributed by atoms with Crippen molar-refractivity contribution in [3.05, 3.63) is 218 Å². The third-order valence-electron chi connectivity index (χ3n) is 12.7. The van der Waals surface area contributed by atoms with Gasteiger partial charge < -0.3 is 4.57 Å². The number of benzene rings is 10. The van der Waals surface area contributed by atoms with Crippen LogP contribution in [0.3, 0.4) is 0 Å². The van der Waals surface area contributed by atoms with Crippen molar-refractivity contribution in [2.45, 2.75) is 0 Å². The van der Waals surface area contributed by atoms with Crippen molar-refractivity contribution in [1.29, 1.82) is 0 Å². The Morgan fingerprint density at radius 3 is 1.60 bits per heavy atom. The lowest BCUT2D eigenvalue weighted by Gasteiger charge is -2.15. The van der Waals surface area contributed by atoms with E-state index in [4.69, 9.17) is 9.97 Å². The summed E-state index contributed by atoms with van der Waals surface area (Å²) in [5.41, 5.74) is 13.2. The van der Waals surface area contributed by atoms with E-state index >= 15 is 0 Å². The summed E-state index contributed by atoms with van der Waals surface area (Å²) in [6.07, 6.45) is 0. The van der Waals surface area contributed by atoms with Gasteiger partial charge in [0.05, 0.1) is 33.3 Å². The molecule has 0 atom stereocenters. The lowest BCUT2D eigenvalue weighted by Crippen LogP contribution is -2.03. The highest BCUT2D eigenvalue weighted by Gasteiger charge is 2.22. The minimum Gasteiger partial charge on any atom is -0.309 e. The van der Waals surface area contributed by atoms with Gasteiger partial charge in [-0.3, -0.25) is 4.57 Å². The molecule has 4 heteroatoms. The Kier molecular flexibility index (Phi) is 7.57. The van der Waals surface area contributed by atoms with Gasteiger partial charge in [0, 0.05) is 38.2 Å². The Bertz CT molecular complexity index is 3920. The fourth-order valence-electron chi connectivity index (χ4n) is 10.0. The number of para-hydroxylation sites is 4. The molecule has 0 fully saturated rings. The third kappa shape index (κ3) is 5.14. The lowest BCUT2D eigenvalue weighted by molar-refractivity contribution is 1.01. The van der Waals surface area contributed by atoms with E-state index in [1.165, 1.54) is 54.7 Å². The first-order chi connectivity index (χ1) is 30.8. The molecule has 0 bridgehead atoms. The Balaban J connectivity index is 1.08. The van der Waals surface area contributed by atoms with Crippen LogP contribution in [0.25, 0.3) is 121 Å². The van der Waals surface area contributed by atoms with Crippen LogP contribution in [-0.2, 0) is 0 Å². The topological polar surface area (TPSA) is 35.6 Å². The van der Waals surface area contributed by atoms with Gasteiger partial charge in [-0.25, -0.2) is 9.97 Å². The predicted molar refractivity (Wildman–Crippen MR) is 260 cm³/mol. The highest BCUT2D eigenvalue weighted by Crippen LogP contribution is 2.44. The molecule has 0 amide bonds. The van der Waals surface area contributed by atoms with E-state index in [2.05, 4.69) is 228 Å². The van der Waals surface area contributed by atoms with Crippen molar-refractivity contribution in [3.8, 4) is 45.1 Å². The van der Waals surface area contributed by atoms with Crippen LogP contribution in [0.15, 0.2) is 218 Å². The van der Waals surface area contributed by atoms with Crippen LogP contribution >= 0.6 is 0 Å². The van der Waals surface area contributed by atoms with Crippen LogP contribution in [0.4, 0.5) is 0 Å². The summed E-state index contributed by atoms with van der Waals surface area (Å²) in [5.74, 6) is 0.641. The predicted octanol–water partition coefficient (Wildman–Crippen LogP) is 15.1. The van der Waals surface area contributed by atoms with Crippen molar-refractivity contribution < 1.29 is 0 Å². The fraction of sp³-hybridized carbons (Fsp3) is 0. The second kappa shape index (κ2) is 13.6. The monoisotopic (exact) mass is 788 g/mol. The normalized spacial score (nSPS) is 11.9. The minimum atomic E-state index is 0.641. The second-order valence-corrected chi connectivity index (χ2v) is 16.1. The van der Waals surface area contributed by atoms with E-state index in [1.807, 2.05) is 0 Å². The van der Waals surface area contributed by atoms with E-state index in [0.717, 1.165) is 60.6 Å². The van der Waals surface area contributed by atoms with Crippen LogP contribution in [-0.4, -0.2) is 19.1 Å². The van der Waals surface area contributed by atoms with Crippen LogP contribution in [0.1, 0.15) is 0 Å². The van der Waals surface area contributed by atoms with Crippen LogP contribution in [0.5, 0.6) is 0 Å². The quantitative estimate of drug-likeness (QED) is 0.174. The maximum Gasteiger partial charge on any atom is 0.235 e. The molecule has 13 aromatic rings. The SMILES string of the molecule is c1ccc(-c2ccc(-c3nc(-n4c5ccccc5c5ccc(-c6cc7c(c8ccccc68)c6ccccc6n7-c6ccccc6)cc54)nc4ccccc34)c3ccccc23)cc1. The van der Waals surface area contributed by atoms with Gasteiger partial charge in [0.2, 0.25) is 5.95 Å².